The van der Waals surface area contributed by atoms with E-state index in [1.54, 1.807) is 18.2 Å². The summed E-state index contributed by atoms with van der Waals surface area (Å²) in [4.78, 5) is 0. The van der Waals surface area contributed by atoms with E-state index in [2.05, 4.69) is 0 Å². The van der Waals surface area contributed by atoms with Gasteiger partial charge in [-0.3, -0.25) is 0 Å². The van der Waals surface area contributed by atoms with E-state index < -0.39 is 164 Å². The molecule has 0 atom stereocenters. The van der Waals surface area contributed by atoms with Gasteiger partial charge < -0.3 is 4.42 Å². The molecule has 0 unspecified atom stereocenters. The molecule has 10 aromatic carbocycles. The average molecular weight is 692 g/mol. The third-order valence-electron chi connectivity index (χ3n) is 9.62. The minimum atomic E-state index is -0.871. The summed E-state index contributed by atoms with van der Waals surface area (Å²) in [5.74, 6) is 0. The van der Waals surface area contributed by atoms with E-state index >= 15 is 0 Å². The number of furan rings is 1. The summed E-state index contributed by atoms with van der Waals surface area (Å²) >= 11 is 0. The maximum atomic E-state index is 9.77. The van der Waals surface area contributed by atoms with Crippen LogP contribution < -0.4 is 0 Å². The molecule has 53 heavy (non-hydrogen) atoms. The minimum Gasteiger partial charge on any atom is -0.456 e. The Labute approximate surface area is 333 Å². The summed E-state index contributed by atoms with van der Waals surface area (Å²) in [5.41, 5.74) is 0.557. The maximum absolute atomic E-state index is 9.77. The molecule has 0 aliphatic heterocycles. The van der Waals surface area contributed by atoms with Crippen molar-refractivity contribution >= 4 is 65.0 Å². The van der Waals surface area contributed by atoms with Gasteiger partial charge in [0.15, 0.2) is 0 Å². The molecule has 1 heterocycles. The Morgan fingerprint density at radius 2 is 0.962 bits per heavy atom. The van der Waals surface area contributed by atoms with Crippen molar-refractivity contribution in [1.82, 2.24) is 0 Å². The van der Waals surface area contributed by atoms with Crippen molar-refractivity contribution in [1.29, 1.82) is 0 Å². The lowest BCUT2D eigenvalue weighted by Gasteiger charge is -2.18. The summed E-state index contributed by atoms with van der Waals surface area (Å²) in [6.45, 7) is 0. The normalized spacial score (nSPS) is 16.8. The monoisotopic (exact) mass is 691 g/mol. The van der Waals surface area contributed by atoms with Gasteiger partial charge in [-0.15, -0.1) is 0 Å². The van der Waals surface area contributed by atoms with Crippen molar-refractivity contribution in [3.05, 3.63) is 194 Å². The third-order valence-corrected chi connectivity index (χ3v) is 9.62. The molecular weight excluding hydrogens is 641 g/mol. The summed E-state index contributed by atoms with van der Waals surface area (Å²) in [5, 5.41) is 0.451. The SMILES string of the molecule is [2H]c1c([2H])c([2H])c(-c2c3c([2H])c([2H])c([2H])c([2H])c3c(-c3c([2H])c([2H])c4c([2H])c(-c5ccc6c(c5)oc5cccc(-c7cccc8ccccc78)c56)c([2H])c([2H])c4c3[2H])c3c([2H])c([2H])c([2H])c([2H])c23)c([2H])c1[2H]. The predicted octanol–water partition coefficient (Wildman–Crippen LogP) is 14.9. The van der Waals surface area contributed by atoms with E-state index in [1.165, 1.54) is 0 Å². The highest BCUT2D eigenvalue weighted by atomic mass is 16.3. The van der Waals surface area contributed by atoms with Crippen LogP contribution in [0, 0.1) is 0 Å². The maximum Gasteiger partial charge on any atom is 0.136 e. The standard InChI is InChI=1S/C52H32O/c1-2-13-34(14-3-1)50-43-17-6-8-19-45(43)51(46-20-9-7-18-44(46)50)39-27-26-35-30-36(24-25-37(35)31-39)38-28-29-47-49(32-38)53-48-23-11-22-42(52(47)48)41-21-10-15-33-12-4-5-16-40(33)41/h1-32H/i1D,2D,3D,6D,7D,8D,9D,13D,14D,17D,18D,19D,20D,24D,25D,26D,27D,30D,31D. The van der Waals surface area contributed by atoms with E-state index in [9.17, 15) is 13.7 Å². The van der Waals surface area contributed by atoms with Crippen LogP contribution in [0.25, 0.3) is 110 Å². The van der Waals surface area contributed by atoms with Gasteiger partial charge in [-0.1, -0.05) is 163 Å². The fourth-order valence-corrected chi connectivity index (χ4v) is 7.31. The molecule has 1 aromatic heterocycles. The van der Waals surface area contributed by atoms with Crippen molar-refractivity contribution in [2.45, 2.75) is 0 Å². The van der Waals surface area contributed by atoms with Gasteiger partial charge in [0.1, 0.15) is 11.2 Å². The zero-order valence-electron chi connectivity index (χ0n) is 46.4. The minimum absolute atomic E-state index is 0.119. The molecule has 0 saturated heterocycles. The van der Waals surface area contributed by atoms with Gasteiger partial charge in [0.2, 0.25) is 0 Å². The molecule has 0 saturated carbocycles. The summed E-state index contributed by atoms with van der Waals surface area (Å²) in [6, 6.07) is 9.61. The van der Waals surface area contributed by atoms with E-state index in [-0.39, 0.29) is 16.5 Å². The first-order chi connectivity index (χ1) is 34.2. The third kappa shape index (κ3) is 4.71. The summed E-state index contributed by atoms with van der Waals surface area (Å²) in [6.07, 6.45) is 0. The number of hydrogen-bond donors (Lipinski definition) is 0. The van der Waals surface area contributed by atoms with Crippen molar-refractivity contribution in [3.8, 4) is 44.5 Å². The first-order valence-corrected chi connectivity index (χ1v) is 16.7. The number of fused-ring (bicyclic) bond motifs is 7. The smallest absolute Gasteiger partial charge is 0.136 e. The number of benzene rings is 10. The second-order valence-electron chi connectivity index (χ2n) is 12.5. The van der Waals surface area contributed by atoms with Crippen LogP contribution in [-0.4, -0.2) is 0 Å². The summed E-state index contributed by atoms with van der Waals surface area (Å²) < 4.78 is 179. The van der Waals surface area contributed by atoms with Crippen LogP contribution in [-0.2, 0) is 0 Å². The van der Waals surface area contributed by atoms with E-state index in [1.807, 2.05) is 60.7 Å². The molecule has 1 heteroatoms. The van der Waals surface area contributed by atoms with Gasteiger partial charge in [0.05, 0.1) is 26.0 Å². The summed E-state index contributed by atoms with van der Waals surface area (Å²) in [7, 11) is 0. The van der Waals surface area contributed by atoms with Gasteiger partial charge >= 0.3 is 0 Å². The Bertz CT molecular complexity index is 4220. The second kappa shape index (κ2) is 11.8. The quantitative estimate of drug-likeness (QED) is 0.167. The van der Waals surface area contributed by atoms with Crippen molar-refractivity contribution in [2.75, 3.05) is 0 Å². The fourth-order valence-electron chi connectivity index (χ4n) is 7.31. The van der Waals surface area contributed by atoms with E-state index in [0.29, 0.717) is 11.2 Å². The molecule has 0 radical (unpaired) electrons. The molecule has 0 amide bonds. The highest BCUT2D eigenvalue weighted by molar-refractivity contribution is 6.22. The van der Waals surface area contributed by atoms with Crippen LogP contribution in [0.1, 0.15) is 26.0 Å². The fraction of sp³-hybridized carbons (Fsp3) is 0. The van der Waals surface area contributed by atoms with Gasteiger partial charge in [-0.2, -0.15) is 0 Å². The molecule has 0 fully saturated rings. The average Bonchev–Trinajstić information content (AvgIpc) is 3.75. The van der Waals surface area contributed by atoms with Crippen molar-refractivity contribution in [2.24, 2.45) is 0 Å². The molecule has 0 spiro atoms. The lowest BCUT2D eigenvalue weighted by Crippen LogP contribution is -1.90. The van der Waals surface area contributed by atoms with Crippen LogP contribution in [0.3, 0.4) is 0 Å². The molecule has 0 bridgehead atoms. The largest absolute Gasteiger partial charge is 0.456 e. The number of hydrogen-bond acceptors (Lipinski definition) is 1. The Kier molecular flexibility index (Phi) is 3.69. The lowest BCUT2D eigenvalue weighted by atomic mass is 9.85. The van der Waals surface area contributed by atoms with Crippen LogP contribution in [0.5, 0.6) is 0 Å². The Hall–Kier alpha value is -6.96. The van der Waals surface area contributed by atoms with Crippen molar-refractivity contribution < 1.29 is 30.5 Å². The molecule has 1 nitrogen and oxygen atoms in total. The van der Waals surface area contributed by atoms with Crippen molar-refractivity contribution in [3.63, 3.8) is 0 Å². The van der Waals surface area contributed by atoms with E-state index in [0.717, 1.165) is 32.7 Å². The van der Waals surface area contributed by atoms with Crippen LogP contribution >= 0.6 is 0 Å². The van der Waals surface area contributed by atoms with Gasteiger partial charge in [-0.25, -0.2) is 0 Å². The van der Waals surface area contributed by atoms with E-state index in [4.69, 9.17) is 16.8 Å². The molecule has 11 rings (SSSR count). The molecule has 0 aliphatic rings. The molecule has 0 N–H and O–H groups in total. The molecule has 0 aliphatic carbocycles. The van der Waals surface area contributed by atoms with Crippen LogP contribution in [0.15, 0.2) is 198 Å². The Morgan fingerprint density at radius 3 is 1.72 bits per heavy atom. The topological polar surface area (TPSA) is 13.1 Å². The molecule has 11 aromatic rings. The van der Waals surface area contributed by atoms with Gasteiger partial charge in [0.25, 0.3) is 0 Å². The molecular formula is C52H32O. The Balaban J connectivity index is 1.23. The van der Waals surface area contributed by atoms with Crippen LogP contribution in [0.2, 0.25) is 0 Å². The van der Waals surface area contributed by atoms with Gasteiger partial charge in [-0.05, 0) is 118 Å². The lowest BCUT2D eigenvalue weighted by molar-refractivity contribution is 0.669. The van der Waals surface area contributed by atoms with Crippen LogP contribution in [0.4, 0.5) is 0 Å². The van der Waals surface area contributed by atoms with Gasteiger partial charge in [0, 0.05) is 10.8 Å². The predicted molar refractivity (Wildman–Crippen MR) is 225 cm³/mol. The molecule has 246 valence electrons. The first kappa shape index (κ1) is 16.6. The second-order valence-corrected chi connectivity index (χ2v) is 12.5. The number of rotatable bonds is 4. The zero-order valence-corrected chi connectivity index (χ0v) is 27.4. The zero-order chi connectivity index (χ0) is 51.4. The Morgan fingerprint density at radius 1 is 0.358 bits per heavy atom. The highest BCUT2D eigenvalue weighted by Crippen LogP contribution is 2.45. The highest BCUT2D eigenvalue weighted by Gasteiger charge is 2.18. The first-order valence-electron chi connectivity index (χ1n) is 26.2.